The van der Waals surface area contributed by atoms with Crippen LogP contribution >= 0.6 is 11.3 Å². The number of hydrazine groups is 1. The maximum Gasteiger partial charge on any atom is 0.340 e. The quantitative estimate of drug-likeness (QED) is 0.222. The van der Waals surface area contributed by atoms with Crippen LogP contribution in [-0.4, -0.2) is 27.5 Å². The van der Waals surface area contributed by atoms with Crippen LogP contribution in [0.1, 0.15) is 17.3 Å². The number of ether oxygens (including phenoxy) is 1. The van der Waals surface area contributed by atoms with E-state index in [1.165, 1.54) is 17.5 Å². The second kappa shape index (κ2) is 8.20. The molecule has 5 rings (SSSR count). The van der Waals surface area contributed by atoms with Gasteiger partial charge in [0.05, 0.1) is 23.6 Å². The minimum absolute atomic E-state index is 0.253. The van der Waals surface area contributed by atoms with Crippen molar-refractivity contribution in [2.24, 2.45) is 0 Å². The van der Waals surface area contributed by atoms with E-state index in [9.17, 15) is 9.59 Å². The number of nitrogens with one attached hydrogen (secondary N) is 4. The summed E-state index contributed by atoms with van der Waals surface area (Å²) in [7, 11) is 0. The predicted molar refractivity (Wildman–Crippen MR) is 127 cm³/mol. The predicted octanol–water partition coefficient (Wildman–Crippen LogP) is 4.75. The third kappa shape index (κ3) is 3.58. The molecule has 0 aliphatic carbocycles. The SMILES string of the molecule is CCOC(=O)c1c[nH]c2c(=O)[nH]c3ccc(-c4csc(NNc5ccccc5)n4)cc3c12. The van der Waals surface area contributed by atoms with Gasteiger partial charge in [0.1, 0.15) is 5.52 Å². The summed E-state index contributed by atoms with van der Waals surface area (Å²) in [5, 5.41) is 3.95. The number of anilines is 2. The molecular formula is C23H19N5O3S. The largest absolute Gasteiger partial charge is 0.462 e. The van der Waals surface area contributed by atoms with Crippen LogP contribution in [0.4, 0.5) is 10.8 Å². The molecule has 0 aliphatic rings. The van der Waals surface area contributed by atoms with Crippen LogP contribution in [0.3, 0.4) is 0 Å². The first kappa shape index (κ1) is 19.8. The summed E-state index contributed by atoms with van der Waals surface area (Å²) in [6.07, 6.45) is 1.52. The molecule has 0 bridgehead atoms. The van der Waals surface area contributed by atoms with E-state index in [1.54, 1.807) is 6.92 Å². The average molecular weight is 446 g/mol. The van der Waals surface area contributed by atoms with Crippen LogP contribution < -0.4 is 16.4 Å². The number of para-hydroxylation sites is 1. The Morgan fingerprint density at radius 1 is 1.16 bits per heavy atom. The van der Waals surface area contributed by atoms with Crippen LogP contribution in [0.5, 0.6) is 0 Å². The Balaban J connectivity index is 1.53. The Hall–Kier alpha value is -4.11. The highest BCUT2D eigenvalue weighted by molar-refractivity contribution is 7.14. The van der Waals surface area contributed by atoms with E-state index in [0.717, 1.165) is 22.3 Å². The number of esters is 1. The lowest BCUT2D eigenvalue weighted by Gasteiger charge is -2.06. The van der Waals surface area contributed by atoms with Crippen molar-refractivity contribution in [2.45, 2.75) is 6.92 Å². The Morgan fingerprint density at radius 2 is 2.00 bits per heavy atom. The number of hydrogen-bond donors (Lipinski definition) is 4. The summed E-state index contributed by atoms with van der Waals surface area (Å²) >= 11 is 1.47. The lowest BCUT2D eigenvalue weighted by Crippen LogP contribution is -2.08. The molecule has 0 unspecified atom stereocenters. The van der Waals surface area contributed by atoms with Crippen LogP contribution in [0.25, 0.3) is 33.1 Å². The maximum absolute atomic E-state index is 12.5. The molecule has 4 N–H and O–H groups in total. The number of hydrogen-bond acceptors (Lipinski definition) is 7. The third-order valence-electron chi connectivity index (χ3n) is 5.03. The Bertz CT molecular complexity index is 1490. The molecule has 0 spiro atoms. The summed E-state index contributed by atoms with van der Waals surface area (Å²) in [5.74, 6) is -0.469. The van der Waals surface area contributed by atoms with Gasteiger partial charge in [-0.05, 0) is 31.2 Å². The molecule has 0 radical (unpaired) electrons. The van der Waals surface area contributed by atoms with Crippen molar-refractivity contribution < 1.29 is 9.53 Å². The third-order valence-corrected chi connectivity index (χ3v) is 5.78. The first-order valence-electron chi connectivity index (χ1n) is 10.0. The summed E-state index contributed by atoms with van der Waals surface area (Å²) < 4.78 is 5.17. The van der Waals surface area contributed by atoms with Gasteiger partial charge in [0.2, 0.25) is 5.13 Å². The minimum atomic E-state index is -0.469. The smallest absolute Gasteiger partial charge is 0.340 e. The highest BCUT2D eigenvalue weighted by Gasteiger charge is 2.18. The molecule has 0 aliphatic heterocycles. The lowest BCUT2D eigenvalue weighted by atomic mass is 10.0. The number of H-pyrrole nitrogens is 2. The van der Waals surface area contributed by atoms with Crippen LogP contribution in [0.15, 0.2) is 64.9 Å². The van der Waals surface area contributed by atoms with Gasteiger partial charge in [-0.2, -0.15) is 0 Å². The van der Waals surface area contributed by atoms with Crippen LogP contribution in [-0.2, 0) is 4.74 Å². The monoisotopic (exact) mass is 445 g/mol. The van der Waals surface area contributed by atoms with E-state index in [1.807, 2.05) is 53.9 Å². The van der Waals surface area contributed by atoms with E-state index >= 15 is 0 Å². The number of carbonyl (C=O) groups is 1. The molecule has 32 heavy (non-hydrogen) atoms. The number of aromatic nitrogens is 3. The molecular weight excluding hydrogens is 426 g/mol. The van der Waals surface area contributed by atoms with Gasteiger partial charge in [-0.25, -0.2) is 9.78 Å². The molecule has 5 aromatic rings. The van der Waals surface area contributed by atoms with E-state index in [4.69, 9.17) is 4.74 Å². The topological polar surface area (TPSA) is 112 Å². The Morgan fingerprint density at radius 3 is 2.81 bits per heavy atom. The van der Waals surface area contributed by atoms with E-state index < -0.39 is 5.97 Å². The number of carbonyl (C=O) groups excluding carboxylic acids is 1. The van der Waals surface area contributed by atoms with Crippen molar-refractivity contribution in [1.82, 2.24) is 15.0 Å². The molecule has 8 nitrogen and oxygen atoms in total. The highest BCUT2D eigenvalue weighted by atomic mass is 32.1. The number of benzene rings is 2. The molecule has 0 atom stereocenters. The molecule has 0 fully saturated rings. The average Bonchev–Trinajstić information content (AvgIpc) is 3.47. The van der Waals surface area contributed by atoms with Crippen molar-refractivity contribution in [1.29, 1.82) is 0 Å². The van der Waals surface area contributed by atoms with E-state index in [-0.39, 0.29) is 12.2 Å². The number of rotatable bonds is 6. The molecule has 9 heteroatoms. The van der Waals surface area contributed by atoms with Gasteiger partial charge in [0.15, 0.2) is 0 Å². The summed E-state index contributed by atoms with van der Waals surface area (Å²) in [5.41, 5.74) is 9.82. The summed E-state index contributed by atoms with van der Waals surface area (Å²) in [6, 6.07) is 15.4. The molecule has 3 heterocycles. The molecule has 0 saturated heterocycles. The molecule has 3 aromatic heterocycles. The first-order chi connectivity index (χ1) is 15.6. The van der Waals surface area contributed by atoms with E-state index in [2.05, 4.69) is 25.8 Å². The number of aromatic amines is 2. The van der Waals surface area contributed by atoms with Crippen LogP contribution in [0.2, 0.25) is 0 Å². The number of fused-ring (bicyclic) bond motifs is 3. The van der Waals surface area contributed by atoms with Crippen molar-refractivity contribution >= 4 is 49.9 Å². The minimum Gasteiger partial charge on any atom is -0.462 e. The fraction of sp³-hybridized carbons (Fsp3) is 0.0870. The van der Waals surface area contributed by atoms with Crippen molar-refractivity contribution in [2.75, 3.05) is 17.5 Å². The van der Waals surface area contributed by atoms with Gasteiger partial charge in [0.25, 0.3) is 5.56 Å². The van der Waals surface area contributed by atoms with E-state index in [0.29, 0.717) is 27.1 Å². The summed E-state index contributed by atoms with van der Waals surface area (Å²) in [6.45, 7) is 2.00. The highest BCUT2D eigenvalue weighted by Crippen LogP contribution is 2.31. The zero-order chi connectivity index (χ0) is 22.1. The van der Waals surface area contributed by atoms with Crippen molar-refractivity contribution in [3.05, 3.63) is 76.0 Å². The second-order valence-electron chi connectivity index (χ2n) is 7.04. The number of pyridine rings is 1. The fourth-order valence-corrected chi connectivity index (χ4v) is 4.24. The van der Waals surface area contributed by atoms with Crippen molar-refractivity contribution in [3.8, 4) is 11.3 Å². The Kier molecular flexibility index (Phi) is 5.08. The summed E-state index contributed by atoms with van der Waals surface area (Å²) in [4.78, 5) is 35.3. The lowest BCUT2D eigenvalue weighted by molar-refractivity contribution is 0.0529. The molecule has 0 amide bonds. The maximum atomic E-state index is 12.5. The molecule has 160 valence electrons. The van der Waals surface area contributed by atoms with Gasteiger partial charge < -0.3 is 14.7 Å². The Labute approximate surface area is 186 Å². The van der Waals surface area contributed by atoms with Gasteiger partial charge >= 0.3 is 5.97 Å². The van der Waals surface area contributed by atoms with Gasteiger partial charge in [-0.1, -0.05) is 24.3 Å². The van der Waals surface area contributed by atoms with Gasteiger partial charge in [0, 0.05) is 33.4 Å². The molecule has 0 saturated carbocycles. The van der Waals surface area contributed by atoms with Crippen molar-refractivity contribution in [3.63, 3.8) is 0 Å². The normalized spacial score (nSPS) is 11.0. The van der Waals surface area contributed by atoms with Crippen LogP contribution in [0, 0.1) is 0 Å². The van der Waals surface area contributed by atoms with Gasteiger partial charge in [-0.3, -0.25) is 15.6 Å². The fourth-order valence-electron chi connectivity index (χ4n) is 3.57. The molecule has 2 aromatic carbocycles. The standard InChI is InChI=1S/C23H19N5O3S/c1-2-31-22(30)16-11-24-20-19(16)15-10-13(8-9-17(15)25-21(20)29)18-12-32-23(26-18)28-27-14-6-4-3-5-7-14/h3-12,24,27H,2H2,1H3,(H,25,29)(H,26,28). The zero-order valence-electron chi connectivity index (χ0n) is 17.1. The number of nitrogens with zero attached hydrogens (tertiary/aromatic N) is 1. The van der Waals surface area contributed by atoms with Gasteiger partial charge in [-0.15, -0.1) is 11.3 Å². The number of thiazole rings is 1. The first-order valence-corrected chi connectivity index (χ1v) is 10.9. The zero-order valence-corrected chi connectivity index (χ0v) is 17.9. The second-order valence-corrected chi connectivity index (χ2v) is 7.90.